The zero-order valence-electron chi connectivity index (χ0n) is 13.3. The smallest absolute Gasteiger partial charge is 0.109 e. The molecular weight excluding hydrogens is 258 g/mol. The van der Waals surface area contributed by atoms with Crippen LogP contribution in [0.3, 0.4) is 0 Å². The third-order valence-corrected chi connectivity index (χ3v) is 4.43. The van der Waals surface area contributed by atoms with Gasteiger partial charge in [-0.25, -0.2) is 4.98 Å². The summed E-state index contributed by atoms with van der Waals surface area (Å²) in [5, 5.41) is 3.76. The number of aryl methyl sites for hydroxylation is 1. The Bertz CT molecular complexity index is 583. The van der Waals surface area contributed by atoms with Gasteiger partial charge in [-0.05, 0) is 50.3 Å². The normalized spacial score (nSPS) is 16.5. The van der Waals surface area contributed by atoms with Crippen LogP contribution in [-0.2, 0) is 13.0 Å². The van der Waals surface area contributed by atoms with Gasteiger partial charge in [0.1, 0.15) is 5.82 Å². The molecule has 1 aliphatic rings. The Kier molecular flexibility index (Phi) is 4.59. The van der Waals surface area contributed by atoms with E-state index in [1.54, 1.807) is 0 Å². The van der Waals surface area contributed by atoms with Crippen molar-refractivity contribution in [2.45, 2.75) is 58.5 Å². The molecule has 1 heterocycles. The minimum absolute atomic E-state index is 0.609. The van der Waals surface area contributed by atoms with Gasteiger partial charge in [0.15, 0.2) is 0 Å². The van der Waals surface area contributed by atoms with E-state index in [0.29, 0.717) is 6.04 Å². The van der Waals surface area contributed by atoms with Crippen molar-refractivity contribution in [3.05, 3.63) is 30.1 Å². The van der Waals surface area contributed by atoms with E-state index in [-0.39, 0.29) is 0 Å². The maximum Gasteiger partial charge on any atom is 0.109 e. The molecule has 1 saturated carbocycles. The van der Waals surface area contributed by atoms with Crippen molar-refractivity contribution in [2.75, 3.05) is 6.54 Å². The Labute approximate surface area is 127 Å². The summed E-state index contributed by atoms with van der Waals surface area (Å²) in [5.74, 6) is 2.12. The van der Waals surface area contributed by atoms with Crippen LogP contribution in [0, 0.1) is 5.92 Å². The fourth-order valence-electron chi connectivity index (χ4n) is 3.15. The van der Waals surface area contributed by atoms with Gasteiger partial charge < -0.3 is 9.88 Å². The third-order valence-electron chi connectivity index (χ3n) is 4.43. The molecule has 1 unspecified atom stereocenters. The molecule has 1 aromatic heterocycles. The minimum Gasteiger partial charge on any atom is -0.326 e. The highest BCUT2D eigenvalue weighted by atomic mass is 15.1. The van der Waals surface area contributed by atoms with Crippen LogP contribution in [-0.4, -0.2) is 22.1 Å². The summed E-state index contributed by atoms with van der Waals surface area (Å²) in [7, 11) is 0. The Balaban J connectivity index is 1.87. The molecule has 0 bridgehead atoms. The van der Waals surface area contributed by atoms with Crippen molar-refractivity contribution in [1.82, 2.24) is 14.9 Å². The van der Waals surface area contributed by atoms with Crippen molar-refractivity contribution in [2.24, 2.45) is 5.92 Å². The lowest BCUT2D eigenvalue weighted by Gasteiger charge is -2.20. The second-order valence-electron chi connectivity index (χ2n) is 6.28. The summed E-state index contributed by atoms with van der Waals surface area (Å²) in [6.07, 6.45) is 6.20. The summed E-state index contributed by atoms with van der Waals surface area (Å²) < 4.78 is 2.46. The van der Waals surface area contributed by atoms with E-state index >= 15 is 0 Å². The molecule has 3 heteroatoms. The Morgan fingerprint density at radius 2 is 2.05 bits per heavy atom. The molecule has 0 amide bonds. The van der Waals surface area contributed by atoms with Gasteiger partial charge in [0.05, 0.1) is 11.0 Å². The van der Waals surface area contributed by atoms with Crippen LogP contribution in [0.5, 0.6) is 0 Å². The largest absolute Gasteiger partial charge is 0.326 e. The number of para-hydroxylation sites is 2. The maximum absolute atomic E-state index is 4.85. The van der Waals surface area contributed by atoms with Crippen molar-refractivity contribution >= 4 is 11.0 Å². The van der Waals surface area contributed by atoms with Gasteiger partial charge in [0, 0.05) is 19.0 Å². The fraction of sp³-hybridized carbons (Fsp3) is 0.611. The molecule has 0 radical (unpaired) electrons. The number of aromatic nitrogens is 2. The second kappa shape index (κ2) is 6.61. The van der Waals surface area contributed by atoms with E-state index in [4.69, 9.17) is 4.98 Å². The van der Waals surface area contributed by atoms with Crippen LogP contribution in [0.15, 0.2) is 24.3 Å². The van der Waals surface area contributed by atoms with Crippen LogP contribution in [0.2, 0.25) is 0 Å². The van der Waals surface area contributed by atoms with Crippen LogP contribution < -0.4 is 5.32 Å². The molecule has 2 aromatic rings. The van der Waals surface area contributed by atoms with Crippen molar-refractivity contribution in [3.8, 4) is 0 Å². The fourth-order valence-corrected chi connectivity index (χ4v) is 3.15. The second-order valence-corrected chi connectivity index (χ2v) is 6.28. The van der Waals surface area contributed by atoms with Gasteiger partial charge in [-0.15, -0.1) is 0 Å². The van der Waals surface area contributed by atoms with Crippen LogP contribution in [0.4, 0.5) is 0 Å². The summed E-state index contributed by atoms with van der Waals surface area (Å²) in [6.45, 7) is 6.67. The molecular formula is C18H27N3. The standard InChI is InChI=1S/C18H27N3/c1-3-7-18-20-15-8-5-6-9-17(15)21(18)13-16(14-10-11-14)19-12-4-2/h5-6,8-9,14,16,19H,3-4,7,10-13H2,1-2H3. The SMILES string of the molecule is CCCNC(Cn1c(CCC)nc2ccccc21)C1CC1. The summed E-state index contributed by atoms with van der Waals surface area (Å²) in [5.41, 5.74) is 2.44. The molecule has 114 valence electrons. The predicted octanol–water partition coefficient (Wildman–Crippen LogP) is 3.77. The molecule has 1 atom stereocenters. The molecule has 1 aliphatic carbocycles. The van der Waals surface area contributed by atoms with E-state index in [1.807, 2.05) is 0 Å². The van der Waals surface area contributed by atoms with E-state index in [0.717, 1.165) is 37.4 Å². The lowest BCUT2D eigenvalue weighted by molar-refractivity contribution is 0.406. The maximum atomic E-state index is 4.85. The number of nitrogens with zero attached hydrogens (tertiary/aromatic N) is 2. The quantitative estimate of drug-likeness (QED) is 0.800. The van der Waals surface area contributed by atoms with E-state index < -0.39 is 0 Å². The van der Waals surface area contributed by atoms with Gasteiger partial charge in [0.2, 0.25) is 0 Å². The molecule has 1 fully saturated rings. The number of hydrogen-bond acceptors (Lipinski definition) is 2. The van der Waals surface area contributed by atoms with Crippen LogP contribution >= 0.6 is 0 Å². The van der Waals surface area contributed by atoms with Crippen LogP contribution in [0.25, 0.3) is 11.0 Å². The first-order valence-corrected chi connectivity index (χ1v) is 8.51. The molecule has 3 rings (SSSR count). The highest BCUT2D eigenvalue weighted by molar-refractivity contribution is 5.75. The Hall–Kier alpha value is -1.35. The number of rotatable bonds is 8. The topological polar surface area (TPSA) is 29.9 Å². The third kappa shape index (κ3) is 3.29. The lowest BCUT2D eigenvalue weighted by atomic mass is 10.1. The zero-order valence-corrected chi connectivity index (χ0v) is 13.3. The predicted molar refractivity (Wildman–Crippen MR) is 88.5 cm³/mol. The van der Waals surface area contributed by atoms with Crippen molar-refractivity contribution < 1.29 is 0 Å². The molecule has 0 aliphatic heterocycles. The van der Waals surface area contributed by atoms with E-state index in [1.165, 1.54) is 30.6 Å². The summed E-state index contributed by atoms with van der Waals surface area (Å²) >= 11 is 0. The van der Waals surface area contributed by atoms with Gasteiger partial charge in [-0.1, -0.05) is 26.0 Å². The van der Waals surface area contributed by atoms with Gasteiger partial charge in [-0.3, -0.25) is 0 Å². The van der Waals surface area contributed by atoms with Crippen molar-refractivity contribution in [1.29, 1.82) is 0 Å². The first kappa shape index (κ1) is 14.6. The van der Waals surface area contributed by atoms with Crippen LogP contribution in [0.1, 0.15) is 45.4 Å². The van der Waals surface area contributed by atoms with Gasteiger partial charge in [0.25, 0.3) is 0 Å². The minimum atomic E-state index is 0.609. The van der Waals surface area contributed by atoms with Gasteiger partial charge >= 0.3 is 0 Å². The molecule has 21 heavy (non-hydrogen) atoms. The molecule has 0 saturated heterocycles. The molecule has 1 N–H and O–H groups in total. The Morgan fingerprint density at radius 1 is 1.24 bits per heavy atom. The number of fused-ring (bicyclic) bond motifs is 1. The lowest BCUT2D eigenvalue weighted by Crippen LogP contribution is -2.36. The Morgan fingerprint density at radius 3 is 2.76 bits per heavy atom. The van der Waals surface area contributed by atoms with Gasteiger partial charge in [-0.2, -0.15) is 0 Å². The first-order chi connectivity index (χ1) is 10.3. The van der Waals surface area contributed by atoms with E-state index in [9.17, 15) is 0 Å². The number of benzene rings is 1. The molecule has 1 aromatic carbocycles. The summed E-state index contributed by atoms with van der Waals surface area (Å²) in [4.78, 5) is 4.85. The highest BCUT2D eigenvalue weighted by Gasteiger charge is 2.31. The number of nitrogens with one attached hydrogen (secondary N) is 1. The number of hydrogen-bond donors (Lipinski definition) is 1. The summed E-state index contributed by atoms with van der Waals surface area (Å²) in [6, 6.07) is 9.17. The molecule has 0 spiro atoms. The van der Waals surface area contributed by atoms with Crippen molar-refractivity contribution in [3.63, 3.8) is 0 Å². The van der Waals surface area contributed by atoms with E-state index in [2.05, 4.69) is 48.0 Å². The highest BCUT2D eigenvalue weighted by Crippen LogP contribution is 2.34. The average Bonchev–Trinajstić information content (AvgIpc) is 3.28. The monoisotopic (exact) mass is 285 g/mol. The number of imidazole rings is 1. The zero-order chi connectivity index (χ0) is 14.7. The first-order valence-electron chi connectivity index (χ1n) is 8.51. The molecule has 3 nitrogen and oxygen atoms in total. The average molecular weight is 285 g/mol.